The minimum Gasteiger partial charge on any atom is -0.321 e. The van der Waals surface area contributed by atoms with Gasteiger partial charge in [0.2, 0.25) is 0 Å². The number of carbonyl (C=O) groups excluding carboxylic acids is 2. The van der Waals surface area contributed by atoms with Gasteiger partial charge in [0.15, 0.2) is 0 Å². The van der Waals surface area contributed by atoms with Gasteiger partial charge in [-0.25, -0.2) is 0 Å². The molecule has 3 aromatic rings. The third-order valence-corrected chi connectivity index (χ3v) is 5.61. The predicted octanol–water partition coefficient (Wildman–Crippen LogP) is 6.02. The highest BCUT2D eigenvalue weighted by molar-refractivity contribution is 7.99. The summed E-state index contributed by atoms with van der Waals surface area (Å²) in [5.41, 5.74) is 1.47. The molecule has 0 saturated carbocycles. The summed E-state index contributed by atoms with van der Waals surface area (Å²) in [4.78, 5) is 26.6. The average Bonchev–Trinajstić information content (AvgIpc) is 2.79. The van der Waals surface area contributed by atoms with Crippen molar-refractivity contribution in [2.75, 3.05) is 11.1 Å². The Morgan fingerprint density at radius 2 is 1.78 bits per heavy atom. The molecule has 8 heteroatoms. The molecule has 0 aliphatic heterocycles. The van der Waals surface area contributed by atoms with Gasteiger partial charge in [-0.05, 0) is 54.1 Å². The molecule has 0 aromatic heterocycles. The molecule has 0 radical (unpaired) electrons. The van der Waals surface area contributed by atoms with Crippen molar-refractivity contribution in [3.8, 4) is 6.07 Å². The van der Waals surface area contributed by atoms with Gasteiger partial charge in [-0.3, -0.25) is 9.59 Å². The molecule has 5 nitrogen and oxygen atoms in total. The number of hydrogen-bond donors (Lipinski definition) is 2. The van der Waals surface area contributed by atoms with Crippen molar-refractivity contribution < 1.29 is 9.59 Å². The highest BCUT2D eigenvalue weighted by Crippen LogP contribution is 2.24. The number of hydrogen-bond acceptors (Lipinski definition) is 4. The van der Waals surface area contributed by atoms with Crippen molar-refractivity contribution in [3.05, 3.63) is 99.7 Å². The lowest BCUT2D eigenvalue weighted by atomic mass is 10.1. The normalized spacial score (nSPS) is 10.8. The maximum Gasteiger partial charge on any atom is 0.272 e. The second-order valence-electron chi connectivity index (χ2n) is 6.47. The number of rotatable bonds is 7. The van der Waals surface area contributed by atoms with Crippen LogP contribution in [0.5, 0.6) is 0 Å². The fourth-order valence-electron chi connectivity index (χ4n) is 2.69. The Balaban J connectivity index is 1.89. The molecule has 2 amide bonds. The fraction of sp³-hybridized carbons (Fsp3) is 0.0417. The van der Waals surface area contributed by atoms with E-state index in [1.807, 2.05) is 6.07 Å². The van der Waals surface area contributed by atoms with E-state index in [9.17, 15) is 9.59 Å². The zero-order valence-electron chi connectivity index (χ0n) is 16.6. The van der Waals surface area contributed by atoms with Gasteiger partial charge in [0.05, 0.1) is 11.8 Å². The number of nitriles is 1. The van der Waals surface area contributed by atoms with E-state index in [-0.39, 0.29) is 5.70 Å². The maximum atomic E-state index is 13.1. The molecule has 0 spiro atoms. The number of benzene rings is 3. The topological polar surface area (TPSA) is 82.0 Å². The quantitative estimate of drug-likeness (QED) is 0.319. The number of nitrogens with one attached hydrogen (secondary N) is 2. The summed E-state index contributed by atoms with van der Waals surface area (Å²) in [7, 11) is 0. The molecular formula is C24H17Cl2N3O2S. The summed E-state index contributed by atoms with van der Waals surface area (Å²) < 4.78 is 0. The molecule has 3 rings (SSSR count). The van der Waals surface area contributed by atoms with Crippen LogP contribution in [0.15, 0.2) is 83.4 Å². The van der Waals surface area contributed by atoms with Gasteiger partial charge < -0.3 is 10.6 Å². The molecule has 0 fully saturated rings. The van der Waals surface area contributed by atoms with Crippen molar-refractivity contribution in [2.45, 2.75) is 4.90 Å². The first-order valence-electron chi connectivity index (χ1n) is 9.40. The molecule has 0 saturated heterocycles. The minimum absolute atomic E-state index is 0.0122. The van der Waals surface area contributed by atoms with Gasteiger partial charge in [0.25, 0.3) is 11.8 Å². The van der Waals surface area contributed by atoms with Gasteiger partial charge in [-0.2, -0.15) is 5.26 Å². The minimum atomic E-state index is -0.525. The van der Waals surface area contributed by atoms with E-state index in [2.05, 4.69) is 16.7 Å². The lowest BCUT2D eigenvalue weighted by molar-refractivity contribution is -0.113. The number of carbonyl (C=O) groups is 2. The Morgan fingerprint density at radius 3 is 2.50 bits per heavy atom. The Labute approximate surface area is 200 Å². The van der Waals surface area contributed by atoms with Gasteiger partial charge >= 0.3 is 0 Å². The van der Waals surface area contributed by atoms with Crippen LogP contribution in [0.1, 0.15) is 15.9 Å². The van der Waals surface area contributed by atoms with E-state index in [0.717, 1.165) is 4.90 Å². The SMILES string of the molecule is N#CCSc1cccc(NC(=O)/C(=C\c2ccc(Cl)cc2Cl)NC(=O)c2ccccc2)c1. The number of nitrogens with zero attached hydrogens (tertiary/aromatic N) is 1. The number of amides is 2. The first kappa shape index (κ1) is 23.4. The summed E-state index contributed by atoms with van der Waals surface area (Å²) in [5.74, 6) is -0.664. The van der Waals surface area contributed by atoms with Crippen LogP contribution >= 0.6 is 35.0 Å². The Morgan fingerprint density at radius 1 is 1.00 bits per heavy atom. The molecule has 160 valence electrons. The molecule has 3 aromatic carbocycles. The highest BCUT2D eigenvalue weighted by atomic mass is 35.5. The van der Waals surface area contributed by atoms with Gasteiger partial charge in [0.1, 0.15) is 5.70 Å². The lowest BCUT2D eigenvalue weighted by Crippen LogP contribution is -2.30. The Hall–Kier alpha value is -3.24. The van der Waals surface area contributed by atoms with Crippen LogP contribution in [0.2, 0.25) is 10.0 Å². The van der Waals surface area contributed by atoms with E-state index in [4.69, 9.17) is 28.5 Å². The molecule has 0 unspecified atom stereocenters. The van der Waals surface area contributed by atoms with E-state index in [0.29, 0.717) is 32.6 Å². The zero-order valence-corrected chi connectivity index (χ0v) is 19.0. The first-order valence-corrected chi connectivity index (χ1v) is 11.1. The average molecular weight is 482 g/mol. The number of halogens is 2. The van der Waals surface area contributed by atoms with Crippen molar-refractivity contribution in [2.24, 2.45) is 0 Å². The Bertz CT molecular complexity index is 1210. The van der Waals surface area contributed by atoms with Crippen LogP contribution < -0.4 is 10.6 Å². The van der Waals surface area contributed by atoms with Gasteiger partial charge in [-0.15, -0.1) is 11.8 Å². The van der Waals surface area contributed by atoms with Crippen LogP contribution in [0, 0.1) is 11.3 Å². The Kier molecular flexibility index (Phi) is 8.34. The molecule has 0 bridgehead atoms. The zero-order chi connectivity index (χ0) is 22.9. The van der Waals surface area contributed by atoms with Crippen molar-refractivity contribution in [1.82, 2.24) is 5.32 Å². The smallest absolute Gasteiger partial charge is 0.272 e. The molecule has 0 aliphatic carbocycles. The number of anilines is 1. The first-order chi connectivity index (χ1) is 15.5. The molecule has 0 aliphatic rings. The third kappa shape index (κ3) is 6.63. The molecule has 0 atom stereocenters. The third-order valence-electron chi connectivity index (χ3n) is 4.19. The summed E-state index contributed by atoms with van der Waals surface area (Å²) in [6.45, 7) is 0. The van der Waals surface area contributed by atoms with Gasteiger partial charge in [-0.1, -0.05) is 53.5 Å². The molecule has 0 heterocycles. The molecular weight excluding hydrogens is 465 g/mol. The van der Waals surface area contributed by atoms with Crippen molar-refractivity contribution in [3.63, 3.8) is 0 Å². The van der Waals surface area contributed by atoms with Crippen molar-refractivity contribution >= 4 is 58.5 Å². The van der Waals surface area contributed by atoms with Crippen molar-refractivity contribution in [1.29, 1.82) is 5.26 Å². The summed E-state index contributed by atoms with van der Waals surface area (Å²) in [5, 5.41) is 15.0. The molecule has 2 N–H and O–H groups in total. The van der Waals surface area contributed by atoms with E-state index < -0.39 is 11.8 Å². The van der Waals surface area contributed by atoms with Crippen LogP contribution in [-0.4, -0.2) is 17.6 Å². The standard InChI is InChI=1S/C24H17Cl2N3O2S/c25-18-10-9-17(21(26)14-18)13-22(29-23(30)16-5-2-1-3-6-16)24(31)28-19-7-4-8-20(15-19)32-12-11-27/h1-10,13-15H,12H2,(H,28,31)(H,29,30)/b22-13+. The highest BCUT2D eigenvalue weighted by Gasteiger charge is 2.16. The van der Waals surface area contributed by atoms with Crippen LogP contribution in [0.25, 0.3) is 6.08 Å². The predicted molar refractivity (Wildman–Crippen MR) is 130 cm³/mol. The fourth-order valence-corrected chi connectivity index (χ4v) is 3.77. The second-order valence-corrected chi connectivity index (χ2v) is 8.37. The van der Waals surface area contributed by atoms with Crippen LogP contribution in [0.3, 0.4) is 0 Å². The maximum absolute atomic E-state index is 13.1. The summed E-state index contributed by atoms with van der Waals surface area (Å²) >= 11 is 13.6. The van der Waals surface area contributed by atoms with E-state index >= 15 is 0 Å². The summed E-state index contributed by atoms with van der Waals surface area (Å²) in [6, 6.07) is 22.6. The van der Waals surface area contributed by atoms with E-state index in [1.54, 1.807) is 66.7 Å². The van der Waals surface area contributed by atoms with Crippen LogP contribution in [0.4, 0.5) is 5.69 Å². The van der Waals surface area contributed by atoms with Gasteiger partial charge in [0, 0.05) is 26.2 Å². The largest absolute Gasteiger partial charge is 0.321 e. The van der Waals surface area contributed by atoms with E-state index in [1.165, 1.54) is 17.8 Å². The number of thioether (sulfide) groups is 1. The lowest BCUT2D eigenvalue weighted by Gasteiger charge is -2.12. The summed E-state index contributed by atoms with van der Waals surface area (Å²) in [6.07, 6.45) is 1.49. The molecule has 32 heavy (non-hydrogen) atoms. The van der Waals surface area contributed by atoms with Crippen LogP contribution in [-0.2, 0) is 4.79 Å². The second kappa shape index (κ2) is 11.4. The monoisotopic (exact) mass is 481 g/mol.